The number of amides is 1. The highest BCUT2D eigenvalue weighted by Crippen LogP contribution is 2.32. The number of rotatable bonds is 6. The SMILES string of the molecule is O=C([C@@H]1C[C@H](COc2cccc(C(F)(F)F)c2)CN(Cc2ccccc2)C1)N1CCCC1. The Hall–Kier alpha value is -2.54. The molecule has 0 aliphatic carbocycles. The summed E-state index contributed by atoms with van der Waals surface area (Å²) >= 11 is 0. The third kappa shape index (κ3) is 5.82. The summed E-state index contributed by atoms with van der Waals surface area (Å²) in [5, 5.41) is 0. The van der Waals surface area contributed by atoms with Crippen molar-refractivity contribution >= 4 is 5.91 Å². The van der Waals surface area contributed by atoms with Gasteiger partial charge in [-0.25, -0.2) is 0 Å². The number of hydrogen-bond acceptors (Lipinski definition) is 3. The first-order chi connectivity index (χ1) is 15.4. The van der Waals surface area contributed by atoms with Crippen LogP contribution in [0.4, 0.5) is 13.2 Å². The number of alkyl halides is 3. The second kappa shape index (κ2) is 9.94. The molecule has 4 rings (SSSR count). The number of hydrogen-bond donors (Lipinski definition) is 0. The molecule has 2 fully saturated rings. The normalized spacial score (nSPS) is 22.2. The van der Waals surface area contributed by atoms with Crippen molar-refractivity contribution in [3.05, 3.63) is 65.7 Å². The van der Waals surface area contributed by atoms with Crippen LogP contribution in [0.15, 0.2) is 54.6 Å². The zero-order valence-corrected chi connectivity index (χ0v) is 18.1. The van der Waals surface area contributed by atoms with Crippen molar-refractivity contribution in [1.29, 1.82) is 0 Å². The predicted molar refractivity (Wildman–Crippen MR) is 116 cm³/mol. The van der Waals surface area contributed by atoms with E-state index < -0.39 is 11.7 Å². The molecule has 0 saturated carbocycles. The Balaban J connectivity index is 1.44. The quantitative estimate of drug-likeness (QED) is 0.636. The van der Waals surface area contributed by atoms with Gasteiger partial charge in [0.1, 0.15) is 5.75 Å². The van der Waals surface area contributed by atoms with Crippen LogP contribution < -0.4 is 4.74 Å². The zero-order valence-electron chi connectivity index (χ0n) is 18.1. The maximum atomic E-state index is 13.1. The average molecular weight is 447 g/mol. The van der Waals surface area contributed by atoms with Crippen molar-refractivity contribution < 1.29 is 22.7 Å². The first kappa shape index (κ1) is 22.6. The van der Waals surface area contributed by atoms with Crippen molar-refractivity contribution in [3.8, 4) is 5.75 Å². The molecule has 172 valence electrons. The fraction of sp³-hybridized carbons (Fsp3) is 0.480. The third-order valence-corrected chi connectivity index (χ3v) is 6.28. The van der Waals surface area contributed by atoms with E-state index in [9.17, 15) is 18.0 Å². The molecule has 2 saturated heterocycles. The van der Waals surface area contributed by atoms with Crippen LogP contribution in [0, 0.1) is 11.8 Å². The Kier molecular flexibility index (Phi) is 7.04. The maximum Gasteiger partial charge on any atom is 0.416 e. The molecule has 0 aromatic heterocycles. The minimum absolute atomic E-state index is 0.0681. The third-order valence-electron chi connectivity index (χ3n) is 6.28. The molecule has 2 aliphatic rings. The standard InChI is InChI=1S/C25H29F3N2O2/c26-25(27,28)22-9-6-10-23(14-22)32-18-20-13-21(24(31)30-11-4-5-12-30)17-29(16-20)15-19-7-2-1-3-8-19/h1-3,6-10,14,20-21H,4-5,11-13,15-18H2/t20-,21+/m0/s1. The summed E-state index contributed by atoms with van der Waals surface area (Å²) < 4.78 is 44.8. The number of nitrogens with zero attached hydrogens (tertiary/aromatic N) is 2. The molecule has 7 heteroatoms. The fourth-order valence-electron chi connectivity index (χ4n) is 4.75. The minimum atomic E-state index is -4.40. The lowest BCUT2D eigenvalue weighted by molar-refractivity contribution is -0.138. The average Bonchev–Trinajstić information content (AvgIpc) is 3.32. The van der Waals surface area contributed by atoms with Gasteiger partial charge in [0.05, 0.1) is 18.1 Å². The summed E-state index contributed by atoms with van der Waals surface area (Å²) in [5.74, 6) is 0.367. The van der Waals surface area contributed by atoms with Crippen LogP contribution in [-0.4, -0.2) is 48.5 Å². The molecule has 0 unspecified atom stereocenters. The molecular formula is C25H29F3N2O2. The highest BCUT2D eigenvalue weighted by Gasteiger charge is 2.35. The summed E-state index contributed by atoms with van der Waals surface area (Å²) in [4.78, 5) is 17.3. The van der Waals surface area contributed by atoms with Crippen LogP contribution in [0.2, 0.25) is 0 Å². The van der Waals surface area contributed by atoms with E-state index in [-0.39, 0.29) is 30.1 Å². The van der Waals surface area contributed by atoms with Gasteiger partial charge < -0.3 is 9.64 Å². The van der Waals surface area contributed by atoms with E-state index in [1.54, 1.807) is 6.07 Å². The summed E-state index contributed by atoms with van der Waals surface area (Å²) in [6.45, 7) is 4.11. The molecule has 2 aromatic rings. The molecule has 1 amide bonds. The fourth-order valence-corrected chi connectivity index (χ4v) is 4.75. The Bertz CT molecular complexity index is 898. The summed E-state index contributed by atoms with van der Waals surface area (Å²) in [5.41, 5.74) is 0.464. The number of piperidine rings is 1. The van der Waals surface area contributed by atoms with E-state index in [2.05, 4.69) is 17.0 Å². The minimum Gasteiger partial charge on any atom is -0.493 e. The Morgan fingerprint density at radius 2 is 1.75 bits per heavy atom. The van der Waals surface area contributed by atoms with Crippen molar-refractivity contribution in [2.45, 2.75) is 32.0 Å². The highest BCUT2D eigenvalue weighted by molar-refractivity contribution is 5.79. The number of carbonyl (C=O) groups excluding carboxylic acids is 1. The van der Waals surface area contributed by atoms with Crippen LogP contribution in [0.5, 0.6) is 5.75 Å². The second-order valence-corrected chi connectivity index (χ2v) is 8.85. The number of carbonyl (C=O) groups is 1. The van der Waals surface area contributed by atoms with Gasteiger partial charge in [0.25, 0.3) is 0 Å². The van der Waals surface area contributed by atoms with Crippen molar-refractivity contribution in [3.63, 3.8) is 0 Å². The molecule has 2 atom stereocenters. The zero-order chi connectivity index (χ0) is 22.6. The van der Waals surface area contributed by atoms with Crippen LogP contribution >= 0.6 is 0 Å². The van der Waals surface area contributed by atoms with E-state index >= 15 is 0 Å². The molecule has 2 aromatic carbocycles. The molecule has 2 heterocycles. The van der Waals surface area contributed by atoms with Gasteiger partial charge in [0.15, 0.2) is 0 Å². The lowest BCUT2D eigenvalue weighted by Gasteiger charge is -2.38. The van der Waals surface area contributed by atoms with Crippen LogP contribution in [0.25, 0.3) is 0 Å². The van der Waals surface area contributed by atoms with Gasteiger partial charge in [-0.05, 0) is 43.0 Å². The van der Waals surface area contributed by atoms with Gasteiger partial charge in [0.2, 0.25) is 5.91 Å². The molecule has 0 bridgehead atoms. The van der Waals surface area contributed by atoms with Crippen molar-refractivity contribution in [1.82, 2.24) is 9.80 Å². The van der Waals surface area contributed by atoms with Crippen LogP contribution in [-0.2, 0) is 17.5 Å². The molecule has 32 heavy (non-hydrogen) atoms. The van der Waals surface area contributed by atoms with E-state index in [0.29, 0.717) is 13.0 Å². The van der Waals surface area contributed by atoms with Crippen LogP contribution in [0.3, 0.4) is 0 Å². The maximum absolute atomic E-state index is 13.1. The summed E-state index contributed by atoms with van der Waals surface area (Å²) in [7, 11) is 0. The van der Waals surface area contributed by atoms with Gasteiger partial charge in [0, 0.05) is 38.6 Å². The molecule has 0 spiro atoms. The lowest BCUT2D eigenvalue weighted by Crippen LogP contribution is -2.48. The Morgan fingerprint density at radius 1 is 1.00 bits per heavy atom. The number of ether oxygens (including phenoxy) is 1. The highest BCUT2D eigenvalue weighted by atomic mass is 19.4. The van der Waals surface area contributed by atoms with Gasteiger partial charge in [-0.2, -0.15) is 13.2 Å². The van der Waals surface area contributed by atoms with E-state index in [1.807, 2.05) is 23.1 Å². The predicted octanol–water partition coefficient (Wildman–Crippen LogP) is 4.84. The lowest BCUT2D eigenvalue weighted by atomic mass is 9.88. The first-order valence-corrected chi connectivity index (χ1v) is 11.2. The molecule has 0 radical (unpaired) electrons. The number of likely N-dealkylation sites (tertiary alicyclic amines) is 2. The van der Waals surface area contributed by atoms with Crippen molar-refractivity contribution in [2.24, 2.45) is 11.8 Å². The van der Waals surface area contributed by atoms with Gasteiger partial charge in [-0.3, -0.25) is 9.69 Å². The summed E-state index contributed by atoms with van der Waals surface area (Å²) in [6, 6.07) is 15.1. The largest absolute Gasteiger partial charge is 0.493 e. The Labute approximate surface area is 187 Å². The van der Waals surface area contributed by atoms with Gasteiger partial charge in [-0.15, -0.1) is 0 Å². The molecular weight excluding hydrogens is 417 g/mol. The van der Waals surface area contributed by atoms with E-state index in [0.717, 1.165) is 51.2 Å². The smallest absolute Gasteiger partial charge is 0.416 e. The number of benzene rings is 2. The molecule has 4 nitrogen and oxygen atoms in total. The monoisotopic (exact) mass is 446 g/mol. The van der Waals surface area contributed by atoms with Gasteiger partial charge in [-0.1, -0.05) is 36.4 Å². The van der Waals surface area contributed by atoms with Crippen molar-refractivity contribution in [2.75, 3.05) is 32.8 Å². The molecule has 0 N–H and O–H groups in total. The topological polar surface area (TPSA) is 32.8 Å². The van der Waals surface area contributed by atoms with Gasteiger partial charge >= 0.3 is 6.18 Å². The summed E-state index contributed by atoms with van der Waals surface area (Å²) in [6.07, 6.45) is -1.61. The van der Waals surface area contributed by atoms with E-state index in [4.69, 9.17) is 4.74 Å². The number of halogens is 3. The van der Waals surface area contributed by atoms with Crippen LogP contribution in [0.1, 0.15) is 30.4 Å². The Morgan fingerprint density at radius 3 is 2.47 bits per heavy atom. The van der Waals surface area contributed by atoms with E-state index in [1.165, 1.54) is 11.6 Å². The first-order valence-electron chi connectivity index (χ1n) is 11.2. The second-order valence-electron chi connectivity index (χ2n) is 8.85. The molecule has 2 aliphatic heterocycles.